The van der Waals surface area contributed by atoms with Crippen molar-refractivity contribution in [1.29, 1.82) is 0 Å². The highest BCUT2D eigenvalue weighted by Gasteiger charge is 2.71. The van der Waals surface area contributed by atoms with Crippen LogP contribution in [0.5, 0.6) is 0 Å². The summed E-state index contributed by atoms with van der Waals surface area (Å²) in [6.07, 6.45) is 3.74. The molecule has 5 nitrogen and oxygen atoms in total. The number of fused-ring (bicyclic) bond motifs is 1. The van der Waals surface area contributed by atoms with E-state index >= 15 is 4.39 Å². The van der Waals surface area contributed by atoms with Gasteiger partial charge in [-0.05, 0) is 56.6 Å². The molecule has 0 unspecified atom stereocenters. The van der Waals surface area contributed by atoms with Crippen molar-refractivity contribution < 1.29 is 29.3 Å². The van der Waals surface area contributed by atoms with Crippen LogP contribution in [0.2, 0.25) is 0 Å². The molecule has 6 heteroatoms. The van der Waals surface area contributed by atoms with Crippen LogP contribution in [0.4, 0.5) is 4.39 Å². The van der Waals surface area contributed by atoms with Gasteiger partial charge in [0.05, 0.1) is 6.10 Å². The van der Waals surface area contributed by atoms with Crippen LogP contribution in [0.25, 0.3) is 0 Å². The first-order valence-electron chi connectivity index (χ1n) is 10.1. The Labute approximate surface area is 165 Å². The minimum atomic E-state index is -2.02. The molecule has 3 N–H and O–H groups in total. The van der Waals surface area contributed by atoms with Crippen LogP contribution in [0.1, 0.15) is 53.4 Å². The second-order valence-corrected chi connectivity index (χ2v) is 9.35. The lowest BCUT2D eigenvalue weighted by molar-refractivity contribution is -0.190. The Morgan fingerprint density at radius 1 is 1.32 bits per heavy atom. The van der Waals surface area contributed by atoms with Gasteiger partial charge in [-0.15, -0.1) is 0 Å². The third-order valence-electron chi connectivity index (χ3n) is 8.19. The zero-order chi connectivity index (χ0) is 21.1. The minimum absolute atomic E-state index is 0.0254. The first-order chi connectivity index (χ1) is 12.9. The van der Waals surface area contributed by atoms with Crippen LogP contribution in [0, 0.1) is 22.7 Å². The number of hydrogen-bond donors (Lipinski definition) is 3. The van der Waals surface area contributed by atoms with Crippen LogP contribution in [-0.2, 0) is 9.59 Å². The van der Waals surface area contributed by atoms with Gasteiger partial charge in [-0.3, -0.25) is 9.59 Å². The number of rotatable bonds is 4. The summed E-state index contributed by atoms with van der Waals surface area (Å²) in [6, 6.07) is 0. The molecule has 2 fully saturated rings. The summed E-state index contributed by atoms with van der Waals surface area (Å²) >= 11 is 0. The van der Waals surface area contributed by atoms with E-state index in [1.165, 1.54) is 12.2 Å². The lowest BCUT2D eigenvalue weighted by atomic mass is 9.51. The van der Waals surface area contributed by atoms with E-state index in [1.807, 2.05) is 6.92 Å². The maximum Gasteiger partial charge on any atom is 0.190 e. The maximum absolute atomic E-state index is 16.6. The number of carbonyl (C=O) groups excluding carboxylic acids is 2. The van der Waals surface area contributed by atoms with Crippen molar-refractivity contribution in [2.75, 3.05) is 6.61 Å². The van der Waals surface area contributed by atoms with Crippen molar-refractivity contribution in [3.05, 3.63) is 23.8 Å². The molecule has 28 heavy (non-hydrogen) atoms. The zero-order valence-corrected chi connectivity index (χ0v) is 17.0. The molecule has 0 amide bonds. The smallest absolute Gasteiger partial charge is 0.190 e. The molecule has 0 aromatic rings. The van der Waals surface area contributed by atoms with Gasteiger partial charge >= 0.3 is 0 Å². The number of carbonyl (C=O) groups is 2. The third kappa shape index (κ3) is 2.47. The molecule has 0 bridgehead atoms. The SMILES string of the molecule is CCC1=CC(=O)C=C[C@]1(C)[C@]1(F)C[C@@H]2C[C@@H](C)[C@](O)(C(=O)CO)[C@@]2(C)C[C@@H]1O. The zero-order valence-electron chi connectivity index (χ0n) is 17.0. The fourth-order valence-electron chi connectivity index (χ4n) is 6.29. The van der Waals surface area contributed by atoms with Crippen LogP contribution in [0.15, 0.2) is 23.8 Å². The molecule has 0 spiro atoms. The Bertz CT molecular complexity index is 760. The molecule has 0 aromatic carbocycles. The summed E-state index contributed by atoms with van der Waals surface area (Å²) in [5.41, 5.74) is -5.35. The molecule has 2 saturated carbocycles. The van der Waals surface area contributed by atoms with Gasteiger partial charge in [-0.25, -0.2) is 4.39 Å². The van der Waals surface area contributed by atoms with Crippen LogP contribution in [0.3, 0.4) is 0 Å². The molecule has 7 atom stereocenters. The van der Waals surface area contributed by atoms with Crippen molar-refractivity contribution in [3.63, 3.8) is 0 Å². The second kappa shape index (κ2) is 6.57. The van der Waals surface area contributed by atoms with E-state index in [4.69, 9.17) is 0 Å². The predicted octanol–water partition coefficient (Wildman–Crippen LogP) is 2.29. The normalized spacial score (nSPS) is 48.4. The first kappa shape index (κ1) is 21.3. The van der Waals surface area contributed by atoms with Crippen molar-refractivity contribution in [1.82, 2.24) is 0 Å². The Morgan fingerprint density at radius 3 is 2.54 bits per heavy atom. The minimum Gasteiger partial charge on any atom is -0.390 e. The fraction of sp³-hybridized carbons (Fsp3) is 0.727. The fourth-order valence-corrected chi connectivity index (χ4v) is 6.29. The number of hydrogen-bond acceptors (Lipinski definition) is 5. The Morgan fingerprint density at radius 2 is 1.96 bits per heavy atom. The molecule has 156 valence electrons. The van der Waals surface area contributed by atoms with E-state index < -0.39 is 46.5 Å². The van der Waals surface area contributed by atoms with Crippen molar-refractivity contribution >= 4 is 11.6 Å². The summed E-state index contributed by atoms with van der Waals surface area (Å²) < 4.78 is 16.6. The number of ketones is 2. The van der Waals surface area contributed by atoms with Crippen molar-refractivity contribution in [2.45, 2.75) is 70.8 Å². The number of allylic oxidation sites excluding steroid dienone is 4. The van der Waals surface area contributed by atoms with Gasteiger partial charge in [0.1, 0.15) is 17.9 Å². The lowest BCUT2D eigenvalue weighted by Gasteiger charge is -2.56. The average molecular weight is 394 g/mol. The number of aliphatic hydroxyl groups excluding tert-OH is 2. The van der Waals surface area contributed by atoms with Crippen molar-refractivity contribution in [2.24, 2.45) is 22.7 Å². The Kier molecular flexibility index (Phi) is 5.01. The first-order valence-corrected chi connectivity index (χ1v) is 10.1. The highest BCUT2D eigenvalue weighted by molar-refractivity contribution is 6.01. The summed E-state index contributed by atoms with van der Waals surface area (Å²) in [7, 11) is 0. The second-order valence-electron chi connectivity index (χ2n) is 9.35. The molecule has 0 aromatic heterocycles. The van der Waals surface area contributed by atoms with Crippen molar-refractivity contribution in [3.8, 4) is 0 Å². The standard InChI is InChI=1S/C22H31FO5/c1-5-14-9-16(25)6-7-19(14,3)21(23)10-15-8-13(2)22(28,18(27)12-24)20(15,4)11-17(21)26/h6-7,9,13,15,17,24,26,28H,5,8,10-12H2,1-4H3/t13-,15+,17+,19+,20+,21+,22+/m1/s1. The molecule has 3 aliphatic carbocycles. The van der Waals surface area contributed by atoms with Gasteiger partial charge in [-0.2, -0.15) is 0 Å². The molecule has 3 aliphatic rings. The molecule has 0 aliphatic heterocycles. The van der Waals surface area contributed by atoms with Crippen LogP contribution >= 0.6 is 0 Å². The van der Waals surface area contributed by atoms with Crippen LogP contribution < -0.4 is 0 Å². The van der Waals surface area contributed by atoms with Crippen LogP contribution in [-0.4, -0.2) is 50.9 Å². The van der Waals surface area contributed by atoms with Gasteiger partial charge < -0.3 is 15.3 Å². The summed E-state index contributed by atoms with van der Waals surface area (Å²) in [6.45, 7) is 6.24. The maximum atomic E-state index is 16.6. The molecular weight excluding hydrogens is 363 g/mol. The summed E-state index contributed by atoms with van der Waals surface area (Å²) in [5.74, 6) is -1.65. The molecule has 3 rings (SSSR count). The molecule has 0 heterocycles. The van der Waals surface area contributed by atoms with Gasteiger partial charge in [0.2, 0.25) is 0 Å². The summed E-state index contributed by atoms with van der Waals surface area (Å²) in [4.78, 5) is 24.3. The van der Waals surface area contributed by atoms with Gasteiger partial charge in [0.25, 0.3) is 0 Å². The van der Waals surface area contributed by atoms with Gasteiger partial charge in [0, 0.05) is 10.8 Å². The third-order valence-corrected chi connectivity index (χ3v) is 8.19. The van der Waals surface area contributed by atoms with E-state index in [1.54, 1.807) is 26.8 Å². The number of Topliss-reactive ketones (excluding diaryl/α,β-unsaturated/α-hetero) is 1. The van der Waals surface area contributed by atoms with Gasteiger partial charge in [-0.1, -0.05) is 32.4 Å². The monoisotopic (exact) mass is 394 g/mol. The molecule has 0 radical (unpaired) electrons. The van der Waals surface area contributed by atoms with E-state index in [0.29, 0.717) is 18.4 Å². The topological polar surface area (TPSA) is 94.8 Å². The van der Waals surface area contributed by atoms with E-state index in [9.17, 15) is 24.9 Å². The van der Waals surface area contributed by atoms with Gasteiger partial charge in [0.15, 0.2) is 11.6 Å². The Balaban J connectivity index is 2.05. The quantitative estimate of drug-likeness (QED) is 0.680. The number of aliphatic hydroxyl groups is 3. The highest BCUT2D eigenvalue weighted by Crippen LogP contribution is 2.65. The largest absolute Gasteiger partial charge is 0.390 e. The predicted molar refractivity (Wildman–Crippen MR) is 102 cm³/mol. The Hall–Kier alpha value is -1.37. The highest BCUT2D eigenvalue weighted by atomic mass is 19.1. The van der Waals surface area contributed by atoms with E-state index in [0.717, 1.165) is 0 Å². The number of alkyl halides is 1. The van der Waals surface area contributed by atoms with E-state index in [-0.39, 0.29) is 24.5 Å². The molecular formula is C22H31FO5. The molecule has 0 saturated heterocycles. The average Bonchev–Trinajstić information content (AvgIpc) is 2.84. The number of halogens is 1. The summed E-state index contributed by atoms with van der Waals surface area (Å²) in [5, 5.41) is 31.7. The van der Waals surface area contributed by atoms with E-state index in [2.05, 4.69) is 0 Å². The lowest BCUT2D eigenvalue weighted by Crippen LogP contribution is -2.64.